The highest BCUT2D eigenvalue weighted by Crippen LogP contribution is 2.34. The first-order valence-corrected chi connectivity index (χ1v) is 9.28. The molecule has 0 saturated carbocycles. The van der Waals surface area contributed by atoms with Crippen LogP contribution in [0.2, 0.25) is 0 Å². The van der Waals surface area contributed by atoms with Crippen molar-refractivity contribution in [2.24, 2.45) is 5.92 Å². The van der Waals surface area contributed by atoms with E-state index in [9.17, 15) is 9.59 Å². The van der Waals surface area contributed by atoms with Crippen LogP contribution in [0, 0.1) is 5.92 Å². The predicted octanol–water partition coefficient (Wildman–Crippen LogP) is 3.56. The summed E-state index contributed by atoms with van der Waals surface area (Å²) in [6.07, 6.45) is 0.829. The fourth-order valence-corrected chi connectivity index (χ4v) is 3.34. The van der Waals surface area contributed by atoms with Gasteiger partial charge in [0.05, 0.1) is 7.11 Å². The van der Waals surface area contributed by atoms with Crippen molar-refractivity contribution < 1.29 is 14.3 Å². The van der Waals surface area contributed by atoms with Gasteiger partial charge in [-0.3, -0.25) is 9.59 Å². The molecule has 1 aliphatic heterocycles. The van der Waals surface area contributed by atoms with Crippen molar-refractivity contribution in [1.82, 2.24) is 5.32 Å². The minimum atomic E-state index is -0.0485. The van der Waals surface area contributed by atoms with Crippen LogP contribution in [-0.4, -0.2) is 25.0 Å². The minimum absolute atomic E-state index is 0.0210. The average molecular weight is 366 g/mol. The number of anilines is 1. The van der Waals surface area contributed by atoms with Gasteiger partial charge in [0.15, 0.2) is 0 Å². The van der Waals surface area contributed by atoms with E-state index < -0.39 is 0 Å². The number of hydrogen-bond acceptors (Lipinski definition) is 3. The maximum absolute atomic E-state index is 13.1. The monoisotopic (exact) mass is 366 g/mol. The van der Waals surface area contributed by atoms with E-state index >= 15 is 0 Å². The van der Waals surface area contributed by atoms with Gasteiger partial charge in [-0.25, -0.2) is 0 Å². The van der Waals surface area contributed by atoms with Crippen LogP contribution in [0.4, 0.5) is 5.69 Å². The van der Waals surface area contributed by atoms with Crippen molar-refractivity contribution in [3.8, 4) is 5.75 Å². The summed E-state index contributed by atoms with van der Waals surface area (Å²) in [7, 11) is 1.61. The SMILES string of the molecule is COc1ccc(C(=O)N2c3cc(CNC(=O)C(C)C)ccc3CC2C)cc1. The fourth-order valence-electron chi connectivity index (χ4n) is 3.34. The van der Waals surface area contributed by atoms with Crippen LogP contribution in [0.5, 0.6) is 5.75 Å². The molecule has 1 aliphatic rings. The molecule has 0 bridgehead atoms. The molecular weight excluding hydrogens is 340 g/mol. The van der Waals surface area contributed by atoms with Crippen molar-refractivity contribution in [2.45, 2.75) is 39.8 Å². The Bertz CT molecular complexity index is 843. The van der Waals surface area contributed by atoms with Crippen molar-refractivity contribution in [3.05, 3.63) is 59.2 Å². The summed E-state index contributed by atoms with van der Waals surface area (Å²) in [5.74, 6) is 0.680. The predicted molar refractivity (Wildman–Crippen MR) is 106 cm³/mol. The van der Waals surface area contributed by atoms with Gasteiger partial charge in [-0.2, -0.15) is 0 Å². The first-order chi connectivity index (χ1) is 12.9. The molecule has 0 radical (unpaired) electrons. The van der Waals surface area contributed by atoms with Crippen LogP contribution >= 0.6 is 0 Å². The minimum Gasteiger partial charge on any atom is -0.497 e. The quantitative estimate of drug-likeness (QED) is 0.880. The Hall–Kier alpha value is -2.82. The third-order valence-corrected chi connectivity index (χ3v) is 4.91. The zero-order valence-electron chi connectivity index (χ0n) is 16.3. The normalized spacial score (nSPS) is 15.6. The van der Waals surface area contributed by atoms with E-state index in [-0.39, 0.29) is 23.8 Å². The Balaban J connectivity index is 1.83. The van der Waals surface area contributed by atoms with Crippen molar-refractivity contribution in [2.75, 3.05) is 12.0 Å². The van der Waals surface area contributed by atoms with E-state index in [1.54, 1.807) is 31.4 Å². The second kappa shape index (κ2) is 7.82. The van der Waals surface area contributed by atoms with Gasteiger partial charge in [0, 0.05) is 29.8 Å². The lowest BCUT2D eigenvalue weighted by atomic mass is 10.1. The maximum atomic E-state index is 13.1. The molecule has 0 saturated heterocycles. The topological polar surface area (TPSA) is 58.6 Å². The van der Waals surface area contributed by atoms with Crippen LogP contribution in [-0.2, 0) is 17.8 Å². The van der Waals surface area contributed by atoms with Crippen LogP contribution in [0.15, 0.2) is 42.5 Å². The van der Waals surface area contributed by atoms with Gasteiger partial charge in [0.1, 0.15) is 5.75 Å². The zero-order chi connectivity index (χ0) is 19.6. The third kappa shape index (κ3) is 3.97. The van der Waals surface area contributed by atoms with E-state index in [1.807, 2.05) is 30.9 Å². The number of benzene rings is 2. The molecule has 1 N–H and O–H groups in total. The standard InChI is InChI=1S/C22H26N2O3/c1-14(2)21(25)23-13-16-5-6-18-11-15(3)24(20(18)12-16)22(26)17-7-9-19(27-4)10-8-17/h5-10,12,14-15H,11,13H2,1-4H3,(H,23,25). The van der Waals surface area contributed by atoms with Crippen LogP contribution < -0.4 is 15.0 Å². The van der Waals surface area contributed by atoms with Crippen LogP contribution in [0.1, 0.15) is 42.3 Å². The maximum Gasteiger partial charge on any atom is 0.258 e. The lowest BCUT2D eigenvalue weighted by molar-refractivity contribution is -0.124. The van der Waals surface area contributed by atoms with Gasteiger partial charge in [-0.05, 0) is 54.8 Å². The molecule has 1 heterocycles. The lowest BCUT2D eigenvalue weighted by Gasteiger charge is -2.23. The summed E-state index contributed by atoms with van der Waals surface area (Å²) in [6, 6.07) is 13.4. The van der Waals surface area contributed by atoms with Crippen molar-refractivity contribution >= 4 is 17.5 Å². The molecule has 5 heteroatoms. The van der Waals surface area contributed by atoms with Gasteiger partial charge >= 0.3 is 0 Å². The van der Waals surface area contributed by atoms with Crippen LogP contribution in [0.25, 0.3) is 0 Å². The smallest absolute Gasteiger partial charge is 0.258 e. The molecule has 3 rings (SSSR count). The summed E-state index contributed by atoms with van der Waals surface area (Å²) >= 11 is 0. The lowest BCUT2D eigenvalue weighted by Crippen LogP contribution is -2.35. The highest BCUT2D eigenvalue weighted by molar-refractivity contribution is 6.07. The van der Waals surface area contributed by atoms with Gasteiger partial charge in [-0.15, -0.1) is 0 Å². The zero-order valence-corrected chi connectivity index (χ0v) is 16.3. The average Bonchev–Trinajstić information content (AvgIpc) is 3.00. The largest absolute Gasteiger partial charge is 0.497 e. The molecule has 2 amide bonds. The molecular formula is C22H26N2O3. The van der Waals surface area contributed by atoms with E-state index in [0.717, 1.165) is 29.0 Å². The molecule has 0 aromatic heterocycles. The number of carbonyl (C=O) groups is 2. The molecule has 0 fully saturated rings. The molecule has 2 aromatic carbocycles. The van der Waals surface area contributed by atoms with E-state index in [2.05, 4.69) is 18.3 Å². The number of amides is 2. The van der Waals surface area contributed by atoms with E-state index in [0.29, 0.717) is 12.1 Å². The summed E-state index contributed by atoms with van der Waals surface area (Å²) in [5, 5.41) is 2.93. The number of carbonyl (C=O) groups excluding carboxylic acids is 2. The molecule has 1 unspecified atom stereocenters. The van der Waals surface area contributed by atoms with Crippen molar-refractivity contribution in [3.63, 3.8) is 0 Å². The molecule has 1 atom stereocenters. The Morgan fingerprint density at radius 2 is 1.89 bits per heavy atom. The number of methoxy groups -OCH3 is 1. The molecule has 2 aromatic rings. The molecule has 5 nitrogen and oxygen atoms in total. The summed E-state index contributed by atoms with van der Waals surface area (Å²) < 4.78 is 5.17. The molecule has 0 aliphatic carbocycles. The Kier molecular flexibility index (Phi) is 5.49. The molecule has 142 valence electrons. The highest BCUT2D eigenvalue weighted by atomic mass is 16.5. The summed E-state index contributed by atoms with van der Waals surface area (Å²) in [6.45, 7) is 6.26. The number of hydrogen-bond donors (Lipinski definition) is 1. The van der Waals surface area contributed by atoms with Gasteiger partial charge in [0.2, 0.25) is 5.91 Å². The number of nitrogens with zero attached hydrogens (tertiary/aromatic N) is 1. The Labute approximate surface area is 160 Å². The van der Waals surface area contributed by atoms with E-state index in [4.69, 9.17) is 4.74 Å². The number of fused-ring (bicyclic) bond motifs is 1. The van der Waals surface area contributed by atoms with Crippen LogP contribution in [0.3, 0.4) is 0 Å². The van der Waals surface area contributed by atoms with E-state index in [1.165, 1.54) is 0 Å². The first kappa shape index (κ1) is 19.0. The Morgan fingerprint density at radius 3 is 2.52 bits per heavy atom. The van der Waals surface area contributed by atoms with Gasteiger partial charge in [-0.1, -0.05) is 26.0 Å². The Morgan fingerprint density at radius 1 is 1.19 bits per heavy atom. The van der Waals surface area contributed by atoms with Gasteiger partial charge in [0.25, 0.3) is 5.91 Å². The molecule has 0 spiro atoms. The van der Waals surface area contributed by atoms with Gasteiger partial charge < -0.3 is 15.0 Å². The fraction of sp³-hybridized carbons (Fsp3) is 0.364. The first-order valence-electron chi connectivity index (χ1n) is 9.28. The number of nitrogens with one attached hydrogen (secondary N) is 1. The summed E-state index contributed by atoms with van der Waals surface area (Å²) in [5.41, 5.74) is 3.71. The van der Waals surface area contributed by atoms with Crippen molar-refractivity contribution in [1.29, 1.82) is 0 Å². The summed E-state index contributed by atoms with van der Waals surface area (Å²) in [4.78, 5) is 26.8. The second-order valence-corrected chi connectivity index (χ2v) is 7.29. The number of ether oxygens (including phenoxy) is 1. The third-order valence-electron chi connectivity index (χ3n) is 4.91. The number of rotatable bonds is 5. The highest BCUT2D eigenvalue weighted by Gasteiger charge is 2.31. The second-order valence-electron chi connectivity index (χ2n) is 7.29. The molecule has 27 heavy (non-hydrogen) atoms.